The van der Waals surface area contributed by atoms with Crippen LogP contribution in [-0.4, -0.2) is 18.6 Å². The Morgan fingerprint density at radius 1 is 1.22 bits per heavy atom. The molecule has 0 aromatic heterocycles. The van der Waals surface area contributed by atoms with Crippen LogP contribution in [0.25, 0.3) is 0 Å². The lowest BCUT2D eigenvalue weighted by Crippen LogP contribution is -2.33. The van der Waals surface area contributed by atoms with Gasteiger partial charge in [-0.1, -0.05) is 17.7 Å². The number of anilines is 1. The fourth-order valence-electron chi connectivity index (χ4n) is 2.53. The number of rotatable bonds is 2. The molecule has 0 radical (unpaired) electrons. The molecule has 1 N–H and O–H groups in total. The summed E-state index contributed by atoms with van der Waals surface area (Å²) in [5.74, 6) is -0.00949. The van der Waals surface area contributed by atoms with Gasteiger partial charge in [0, 0.05) is 12.3 Å². The van der Waals surface area contributed by atoms with E-state index in [9.17, 15) is 4.79 Å². The van der Waals surface area contributed by atoms with Gasteiger partial charge in [0.2, 0.25) is 0 Å². The van der Waals surface area contributed by atoms with E-state index >= 15 is 0 Å². The predicted octanol–water partition coefficient (Wildman–Crippen LogP) is 3.12. The Labute approximate surface area is 109 Å². The quantitative estimate of drug-likeness (QED) is 0.872. The molecule has 1 heterocycles. The fraction of sp³-hybridized carbons (Fsp3) is 0.533. The zero-order chi connectivity index (χ0) is 13.1. The molecule has 1 unspecified atom stereocenters. The van der Waals surface area contributed by atoms with Crippen LogP contribution in [0.2, 0.25) is 0 Å². The molecular formula is C15H21NO2. The van der Waals surface area contributed by atoms with Crippen LogP contribution < -0.4 is 5.32 Å². The van der Waals surface area contributed by atoms with Crippen molar-refractivity contribution in [3.05, 3.63) is 28.8 Å². The van der Waals surface area contributed by atoms with Gasteiger partial charge >= 0.3 is 0 Å². The third kappa shape index (κ3) is 2.91. The van der Waals surface area contributed by atoms with Crippen molar-refractivity contribution in [2.45, 2.75) is 46.1 Å². The fourth-order valence-corrected chi connectivity index (χ4v) is 2.53. The minimum Gasteiger partial charge on any atom is -0.368 e. The molecule has 18 heavy (non-hydrogen) atoms. The number of carbonyl (C=O) groups is 1. The van der Waals surface area contributed by atoms with E-state index in [1.54, 1.807) is 0 Å². The standard InChI is InChI=1S/C15H21NO2/c1-10-8-11(2)14(12(3)9-10)16-15(17)13-6-4-5-7-18-13/h8-9,13H,4-7H2,1-3H3,(H,16,17). The predicted molar refractivity (Wildman–Crippen MR) is 72.9 cm³/mol. The maximum absolute atomic E-state index is 12.1. The van der Waals surface area contributed by atoms with E-state index < -0.39 is 0 Å². The van der Waals surface area contributed by atoms with Gasteiger partial charge in [0.1, 0.15) is 6.10 Å². The molecule has 2 rings (SSSR count). The van der Waals surface area contributed by atoms with Crippen molar-refractivity contribution in [3.8, 4) is 0 Å². The molecule has 1 aromatic carbocycles. The van der Waals surface area contributed by atoms with E-state index in [2.05, 4.69) is 24.4 Å². The number of benzene rings is 1. The van der Waals surface area contributed by atoms with Crippen LogP contribution >= 0.6 is 0 Å². The molecule has 3 nitrogen and oxygen atoms in total. The average molecular weight is 247 g/mol. The van der Waals surface area contributed by atoms with Crippen molar-refractivity contribution in [2.24, 2.45) is 0 Å². The van der Waals surface area contributed by atoms with E-state index in [-0.39, 0.29) is 12.0 Å². The van der Waals surface area contributed by atoms with Crippen LogP contribution in [0.15, 0.2) is 12.1 Å². The second-order valence-electron chi connectivity index (χ2n) is 5.12. The van der Waals surface area contributed by atoms with Crippen molar-refractivity contribution in [1.29, 1.82) is 0 Å². The second kappa shape index (κ2) is 5.53. The third-order valence-corrected chi connectivity index (χ3v) is 3.40. The van der Waals surface area contributed by atoms with E-state index in [0.29, 0.717) is 6.61 Å². The summed E-state index contributed by atoms with van der Waals surface area (Å²) in [6.07, 6.45) is 2.69. The summed E-state index contributed by atoms with van der Waals surface area (Å²) in [6, 6.07) is 4.18. The molecule has 1 atom stereocenters. The lowest BCUT2D eigenvalue weighted by Gasteiger charge is -2.22. The van der Waals surface area contributed by atoms with E-state index in [1.807, 2.05) is 13.8 Å². The molecule has 3 heteroatoms. The van der Waals surface area contributed by atoms with Crippen LogP contribution in [-0.2, 0) is 9.53 Å². The first-order valence-electron chi connectivity index (χ1n) is 6.58. The molecular weight excluding hydrogens is 226 g/mol. The van der Waals surface area contributed by atoms with Gasteiger partial charge in [-0.25, -0.2) is 0 Å². The Kier molecular flexibility index (Phi) is 4.02. The molecule has 1 fully saturated rings. The number of aryl methyl sites for hydroxylation is 3. The zero-order valence-electron chi connectivity index (χ0n) is 11.4. The van der Waals surface area contributed by atoms with E-state index in [4.69, 9.17) is 4.74 Å². The normalized spacial score (nSPS) is 19.6. The minimum absolute atomic E-state index is 0.00949. The Balaban J connectivity index is 2.11. The van der Waals surface area contributed by atoms with Crippen molar-refractivity contribution in [3.63, 3.8) is 0 Å². The molecule has 1 saturated heterocycles. The summed E-state index contributed by atoms with van der Waals surface area (Å²) in [7, 11) is 0. The summed E-state index contributed by atoms with van der Waals surface area (Å²) in [6.45, 7) is 6.81. The highest BCUT2D eigenvalue weighted by Gasteiger charge is 2.22. The lowest BCUT2D eigenvalue weighted by molar-refractivity contribution is -0.129. The van der Waals surface area contributed by atoms with Crippen LogP contribution in [0.1, 0.15) is 36.0 Å². The molecule has 1 amide bonds. The van der Waals surface area contributed by atoms with Crippen molar-refractivity contribution < 1.29 is 9.53 Å². The molecule has 1 aliphatic heterocycles. The summed E-state index contributed by atoms with van der Waals surface area (Å²) >= 11 is 0. The number of hydrogen-bond acceptors (Lipinski definition) is 2. The molecule has 1 aromatic rings. The first-order valence-corrected chi connectivity index (χ1v) is 6.58. The van der Waals surface area contributed by atoms with Crippen molar-refractivity contribution in [2.75, 3.05) is 11.9 Å². The summed E-state index contributed by atoms with van der Waals surface area (Å²) in [5.41, 5.74) is 4.37. The number of carbonyl (C=O) groups excluding carboxylic acids is 1. The van der Waals surface area contributed by atoms with Crippen LogP contribution in [0.4, 0.5) is 5.69 Å². The van der Waals surface area contributed by atoms with Gasteiger partial charge in [-0.2, -0.15) is 0 Å². The van der Waals surface area contributed by atoms with Crippen LogP contribution in [0.3, 0.4) is 0 Å². The maximum atomic E-state index is 12.1. The molecule has 0 bridgehead atoms. The van der Waals surface area contributed by atoms with Crippen LogP contribution in [0.5, 0.6) is 0 Å². The zero-order valence-corrected chi connectivity index (χ0v) is 11.4. The highest BCUT2D eigenvalue weighted by molar-refractivity contribution is 5.95. The summed E-state index contributed by atoms with van der Waals surface area (Å²) < 4.78 is 5.50. The smallest absolute Gasteiger partial charge is 0.253 e. The molecule has 98 valence electrons. The van der Waals surface area contributed by atoms with Crippen LogP contribution in [0, 0.1) is 20.8 Å². The number of nitrogens with one attached hydrogen (secondary N) is 1. The number of amides is 1. The monoisotopic (exact) mass is 247 g/mol. The Bertz CT molecular complexity index is 425. The minimum atomic E-state index is -0.279. The lowest BCUT2D eigenvalue weighted by atomic mass is 10.0. The molecule has 0 aliphatic carbocycles. The second-order valence-corrected chi connectivity index (χ2v) is 5.12. The third-order valence-electron chi connectivity index (χ3n) is 3.40. The molecule has 1 aliphatic rings. The largest absolute Gasteiger partial charge is 0.368 e. The molecule has 0 spiro atoms. The van der Waals surface area contributed by atoms with Gasteiger partial charge in [-0.05, 0) is 51.2 Å². The van der Waals surface area contributed by atoms with Gasteiger partial charge in [0.05, 0.1) is 0 Å². The van der Waals surface area contributed by atoms with Gasteiger partial charge < -0.3 is 10.1 Å². The summed E-state index contributed by atoms with van der Waals surface area (Å²) in [4.78, 5) is 12.1. The van der Waals surface area contributed by atoms with Gasteiger partial charge in [-0.3, -0.25) is 4.79 Å². The van der Waals surface area contributed by atoms with E-state index in [0.717, 1.165) is 36.1 Å². The van der Waals surface area contributed by atoms with E-state index in [1.165, 1.54) is 5.56 Å². The topological polar surface area (TPSA) is 38.3 Å². The van der Waals surface area contributed by atoms with Gasteiger partial charge in [0.15, 0.2) is 0 Å². The Morgan fingerprint density at radius 3 is 2.44 bits per heavy atom. The van der Waals surface area contributed by atoms with Gasteiger partial charge in [-0.15, -0.1) is 0 Å². The van der Waals surface area contributed by atoms with Crippen molar-refractivity contribution >= 4 is 11.6 Å². The number of hydrogen-bond donors (Lipinski definition) is 1. The maximum Gasteiger partial charge on any atom is 0.253 e. The number of ether oxygens (including phenoxy) is 1. The van der Waals surface area contributed by atoms with Crippen molar-refractivity contribution in [1.82, 2.24) is 0 Å². The van der Waals surface area contributed by atoms with Gasteiger partial charge in [0.25, 0.3) is 5.91 Å². The highest BCUT2D eigenvalue weighted by Crippen LogP contribution is 2.23. The Hall–Kier alpha value is -1.35. The average Bonchev–Trinajstić information content (AvgIpc) is 2.34. The first-order chi connectivity index (χ1) is 8.58. The molecule has 0 saturated carbocycles. The SMILES string of the molecule is Cc1cc(C)c(NC(=O)C2CCCCO2)c(C)c1. The summed E-state index contributed by atoms with van der Waals surface area (Å²) in [5, 5.41) is 3.01. The Morgan fingerprint density at radius 2 is 1.89 bits per heavy atom. The highest BCUT2D eigenvalue weighted by atomic mass is 16.5. The first kappa shape index (κ1) is 13.1.